The van der Waals surface area contributed by atoms with E-state index in [1.165, 1.54) is 4.90 Å². The highest BCUT2D eigenvalue weighted by molar-refractivity contribution is 6.00. The minimum Gasteiger partial charge on any atom is -0.310 e. The van der Waals surface area contributed by atoms with Crippen molar-refractivity contribution in [1.29, 1.82) is 5.26 Å². The van der Waals surface area contributed by atoms with Crippen LogP contribution in [-0.4, -0.2) is 46.3 Å². The number of nitriles is 1. The summed E-state index contributed by atoms with van der Waals surface area (Å²) >= 11 is 0. The molecule has 4 rings (SSSR count). The van der Waals surface area contributed by atoms with Crippen LogP contribution in [0.5, 0.6) is 0 Å². The quantitative estimate of drug-likeness (QED) is 0.851. The molecule has 2 aliphatic rings. The predicted molar refractivity (Wildman–Crippen MR) is 90.4 cm³/mol. The van der Waals surface area contributed by atoms with Crippen molar-refractivity contribution in [3.05, 3.63) is 35.7 Å². The number of H-pyrrole nitrogens is 1. The fraction of sp³-hybridized carbons (Fsp3) is 0.389. The van der Waals surface area contributed by atoms with E-state index in [1.54, 1.807) is 11.1 Å². The molecule has 6 nitrogen and oxygen atoms in total. The van der Waals surface area contributed by atoms with Gasteiger partial charge in [0.1, 0.15) is 12.2 Å². The van der Waals surface area contributed by atoms with E-state index in [-0.39, 0.29) is 18.9 Å². The van der Waals surface area contributed by atoms with E-state index in [0.29, 0.717) is 6.54 Å². The number of carbonyl (C=O) groups is 1. The topological polar surface area (TPSA) is 76.0 Å². The van der Waals surface area contributed by atoms with Gasteiger partial charge in [-0.2, -0.15) is 10.4 Å². The van der Waals surface area contributed by atoms with Gasteiger partial charge in [0.15, 0.2) is 6.19 Å². The lowest BCUT2D eigenvalue weighted by Crippen LogP contribution is -2.43. The van der Waals surface area contributed by atoms with Gasteiger partial charge in [-0.3, -0.25) is 14.8 Å². The van der Waals surface area contributed by atoms with Crippen LogP contribution in [0, 0.1) is 18.4 Å². The zero-order valence-corrected chi connectivity index (χ0v) is 13.9. The lowest BCUT2D eigenvalue weighted by Gasteiger charge is -2.24. The summed E-state index contributed by atoms with van der Waals surface area (Å²) in [6.07, 6.45) is 3.43. The van der Waals surface area contributed by atoms with Crippen molar-refractivity contribution in [3.8, 4) is 17.3 Å². The molecule has 2 atom stereocenters. The molecule has 1 aromatic heterocycles. The summed E-state index contributed by atoms with van der Waals surface area (Å²) in [5, 5.41) is 16.2. The third-order valence-electron chi connectivity index (χ3n) is 5.08. The monoisotopic (exact) mass is 339 g/mol. The van der Waals surface area contributed by atoms with Gasteiger partial charge in [0.2, 0.25) is 0 Å². The lowest BCUT2D eigenvalue weighted by atomic mass is 9.98. The van der Waals surface area contributed by atoms with Crippen molar-refractivity contribution >= 4 is 11.6 Å². The molecule has 2 aromatic rings. The number of amides is 1. The maximum atomic E-state index is 13.7. The van der Waals surface area contributed by atoms with Crippen LogP contribution in [-0.2, 0) is 11.2 Å². The van der Waals surface area contributed by atoms with Gasteiger partial charge in [-0.25, -0.2) is 4.39 Å². The number of fused-ring (bicyclic) bond motifs is 1. The highest BCUT2D eigenvalue weighted by Gasteiger charge is 2.40. The molecule has 1 saturated heterocycles. The second-order valence-electron chi connectivity index (χ2n) is 6.55. The number of aromatic amines is 1. The van der Waals surface area contributed by atoms with Crippen LogP contribution in [0.1, 0.15) is 17.7 Å². The van der Waals surface area contributed by atoms with Gasteiger partial charge >= 0.3 is 0 Å². The highest BCUT2D eigenvalue weighted by Crippen LogP contribution is 2.38. The lowest BCUT2D eigenvalue weighted by molar-refractivity contribution is -0.121. The smallest absolute Gasteiger partial charge is 0.250 e. The number of aromatic nitrogens is 2. The molecule has 0 unspecified atom stereocenters. The Balaban J connectivity index is 1.68. The maximum absolute atomic E-state index is 13.7. The van der Waals surface area contributed by atoms with Crippen LogP contribution in [0.4, 0.5) is 10.1 Å². The first-order valence-corrected chi connectivity index (χ1v) is 8.34. The maximum Gasteiger partial charge on any atom is 0.250 e. The molecule has 1 N–H and O–H groups in total. The van der Waals surface area contributed by atoms with E-state index in [2.05, 4.69) is 10.2 Å². The summed E-state index contributed by atoms with van der Waals surface area (Å²) in [6.45, 7) is 2.51. The van der Waals surface area contributed by atoms with Crippen LogP contribution in [0.2, 0.25) is 0 Å². The van der Waals surface area contributed by atoms with Gasteiger partial charge in [0.25, 0.3) is 5.91 Å². The minimum absolute atomic E-state index is 0.00184. The Morgan fingerprint density at radius 2 is 2.28 bits per heavy atom. The molecule has 2 aliphatic heterocycles. The van der Waals surface area contributed by atoms with Crippen molar-refractivity contribution in [2.75, 3.05) is 18.0 Å². The number of anilines is 1. The number of alkyl halides is 1. The average molecular weight is 339 g/mol. The highest BCUT2D eigenvalue weighted by atomic mass is 19.1. The number of hydrogen-bond donors (Lipinski definition) is 1. The largest absolute Gasteiger partial charge is 0.310 e. The van der Waals surface area contributed by atoms with Gasteiger partial charge in [0.05, 0.1) is 12.7 Å². The molecule has 25 heavy (non-hydrogen) atoms. The zero-order valence-electron chi connectivity index (χ0n) is 13.9. The predicted octanol–water partition coefficient (Wildman–Crippen LogP) is 2.17. The van der Waals surface area contributed by atoms with Crippen molar-refractivity contribution in [1.82, 2.24) is 15.1 Å². The van der Waals surface area contributed by atoms with Crippen LogP contribution < -0.4 is 4.90 Å². The average Bonchev–Trinajstić information content (AvgIpc) is 3.31. The summed E-state index contributed by atoms with van der Waals surface area (Å²) in [6, 6.07) is 5.16. The van der Waals surface area contributed by atoms with Gasteiger partial charge in [-0.05, 0) is 30.5 Å². The molecule has 0 saturated carbocycles. The number of hydrogen-bond acceptors (Lipinski definition) is 4. The fourth-order valence-corrected chi connectivity index (χ4v) is 3.85. The molecule has 0 spiro atoms. The number of nitrogens with one attached hydrogen (secondary N) is 1. The molecule has 3 heterocycles. The van der Waals surface area contributed by atoms with Gasteiger partial charge in [-0.1, -0.05) is 12.1 Å². The Bertz CT molecular complexity index is 871. The zero-order chi connectivity index (χ0) is 17.6. The second kappa shape index (κ2) is 5.88. The van der Waals surface area contributed by atoms with E-state index in [0.717, 1.165) is 34.5 Å². The molecular formula is C18H18FN5O. The van der Waals surface area contributed by atoms with Crippen LogP contribution >= 0.6 is 0 Å². The number of aryl methyl sites for hydroxylation is 1. The summed E-state index contributed by atoms with van der Waals surface area (Å²) in [4.78, 5) is 15.9. The van der Waals surface area contributed by atoms with Crippen LogP contribution in [0.3, 0.4) is 0 Å². The minimum atomic E-state index is -1.13. The Morgan fingerprint density at radius 3 is 3.00 bits per heavy atom. The first kappa shape index (κ1) is 15.6. The Kier molecular flexibility index (Phi) is 3.68. The molecule has 0 aliphatic carbocycles. The second-order valence-corrected chi connectivity index (χ2v) is 6.55. The summed E-state index contributed by atoms with van der Waals surface area (Å²) in [5.41, 5.74) is 5.01. The first-order valence-electron chi connectivity index (χ1n) is 8.34. The van der Waals surface area contributed by atoms with E-state index in [9.17, 15) is 9.18 Å². The van der Waals surface area contributed by atoms with Crippen LogP contribution in [0.15, 0.2) is 24.4 Å². The molecular weight excluding hydrogens is 321 g/mol. The number of rotatable bonds is 2. The summed E-state index contributed by atoms with van der Waals surface area (Å²) in [5.74, 6) is -0.193. The number of likely N-dealkylation sites (tertiary alicyclic amines) is 1. The molecule has 7 heteroatoms. The van der Waals surface area contributed by atoms with Crippen molar-refractivity contribution in [2.45, 2.75) is 32.0 Å². The Morgan fingerprint density at radius 1 is 1.44 bits per heavy atom. The molecule has 1 amide bonds. The molecule has 128 valence electrons. The third kappa shape index (κ3) is 2.45. The van der Waals surface area contributed by atoms with Gasteiger partial charge in [-0.15, -0.1) is 0 Å². The van der Waals surface area contributed by atoms with E-state index in [1.807, 2.05) is 31.3 Å². The van der Waals surface area contributed by atoms with E-state index in [4.69, 9.17) is 5.26 Å². The normalized spacial score (nSPS) is 22.1. The molecule has 0 radical (unpaired) electrons. The van der Waals surface area contributed by atoms with Gasteiger partial charge < -0.3 is 4.90 Å². The molecule has 1 fully saturated rings. The first-order chi connectivity index (χ1) is 12.1. The SMILES string of the molecule is Cc1[nH]ncc1-c1cccc2c1CCN2C(=O)[C@@H]1C[C@H](F)CN1C#N. The fourth-order valence-electron chi connectivity index (χ4n) is 3.85. The Labute approximate surface area is 144 Å². The van der Waals surface area contributed by atoms with Crippen LogP contribution in [0.25, 0.3) is 11.1 Å². The molecule has 0 bridgehead atoms. The number of carbonyl (C=O) groups excluding carboxylic acids is 1. The van der Waals surface area contributed by atoms with Crippen molar-refractivity contribution in [2.24, 2.45) is 0 Å². The summed E-state index contributed by atoms with van der Waals surface area (Å²) in [7, 11) is 0. The third-order valence-corrected chi connectivity index (χ3v) is 5.08. The Hall–Kier alpha value is -2.88. The molecule has 1 aromatic carbocycles. The summed E-state index contributed by atoms with van der Waals surface area (Å²) < 4.78 is 13.7. The number of nitrogens with zero attached hydrogens (tertiary/aromatic N) is 4. The van der Waals surface area contributed by atoms with E-state index < -0.39 is 12.2 Å². The van der Waals surface area contributed by atoms with Crippen molar-refractivity contribution in [3.63, 3.8) is 0 Å². The standard InChI is InChI=1S/C18H18FN5O/c1-11-15(8-21-22-11)13-3-2-4-16-14(13)5-6-24(16)18(25)17-7-12(19)9-23(17)10-20/h2-4,8,12,17H,5-7,9H2,1H3,(H,21,22)/t12-,17-/m0/s1. The van der Waals surface area contributed by atoms with Crippen molar-refractivity contribution < 1.29 is 9.18 Å². The number of benzene rings is 1. The van der Waals surface area contributed by atoms with Gasteiger partial charge in [0, 0.05) is 29.9 Å². The number of halogens is 1. The van der Waals surface area contributed by atoms with E-state index >= 15 is 0 Å².